The Morgan fingerprint density at radius 3 is 2.48 bits per heavy atom. The van der Waals surface area contributed by atoms with Crippen LogP contribution in [0.25, 0.3) is 0 Å². The smallest absolute Gasteiger partial charge is 0.223 e. The van der Waals surface area contributed by atoms with E-state index in [1.54, 1.807) is 0 Å². The highest BCUT2D eigenvalue weighted by Gasteiger charge is 2.54. The fourth-order valence-electron chi connectivity index (χ4n) is 5.30. The molecule has 0 aliphatic heterocycles. The topological polar surface area (TPSA) is 57.5 Å². The minimum Gasteiger partial charge on any atom is -0.504 e. The van der Waals surface area contributed by atoms with Crippen LogP contribution in [0.5, 0.6) is 0 Å². The highest BCUT2D eigenvalue weighted by atomic mass is 16.3. The maximum atomic E-state index is 12.6. The van der Waals surface area contributed by atoms with Gasteiger partial charge < -0.3 is 10.2 Å². The zero-order chi connectivity index (χ0) is 17.2. The zero-order valence-electron chi connectivity index (χ0n) is 14.8. The van der Waals surface area contributed by atoms with Crippen LogP contribution in [-0.4, -0.2) is 22.1 Å². The van der Waals surface area contributed by atoms with Crippen molar-refractivity contribution in [1.29, 1.82) is 0 Å². The van der Waals surface area contributed by atoms with Gasteiger partial charge in [-0.2, -0.15) is 0 Å². The number of Topliss-reactive ketones (excluding diaryl/α,β-unsaturated/α-hetero) is 1. The summed E-state index contributed by atoms with van der Waals surface area (Å²) in [6.07, 6.45) is 6.04. The molecule has 1 saturated carbocycles. The van der Waals surface area contributed by atoms with Gasteiger partial charge in [0.1, 0.15) is 0 Å². The summed E-state index contributed by atoms with van der Waals surface area (Å²) in [5.41, 5.74) is 2.04. The second kappa shape index (κ2) is 5.07. The molecule has 0 heterocycles. The van der Waals surface area contributed by atoms with Crippen LogP contribution in [0.2, 0.25) is 0 Å². The van der Waals surface area contributed by atoms with Crippen molar-refractivity contribution < 1.29 is 15.0 Å². The molecule has 2 N–H and O–H groups in total. The SMILES string of the molecule is CC(C)C1=CC2=CC[C@H]3C(C)(C)C[C@H](O)C[C@]3(C)C2=C(O)C1=O. The first kappa shape index (κ1) is 16.5. The Morgan fingerprint density at radius 1 is 1.22 bits per heavy atom. The standard InChI is InChI=1S/C20H28O3/c1-11(2)14-8-12-6-7-15-19(3,4)9-13(21)10-20(15,5)16(12)18(23)17(14)22/h6,8,11,13,15,21,23H,7,9-10H2,1-5H3/t13-,15-,20-/m0/s1. The summed E-state index contributed by atoms with van der Waals surface area (Å²) in [4.78, 5) is 12.6. The molecule has 1 fully saturated rings. The quantitative estimate of drug-likeness (QED) is 0.766. The number of carbonyl (C=O) groups is 1. The molecular weight excluding hydrogens is 288 g/mol. The normalized spacial score (nSPS) is 36.4. The van der Waals surface area contributed by atoms with E-state index in [4.69, 9.17) is 0 Å². The molecule has 3 rings (SSSR count). The van der Waals surface area contributed by atoms with E-state index >= 15 is 0 Å². The van der Waals surface area contributed by atoms with Crippen molar-refractivity contribution in [3.8, 4) is 0 Å². The van der Waals surface area contributed by atoms with E-state index < -0.39 is 6.10 Å². The highest BCUT2D eigenvalue weighted by molar-refractivity contribution is 6.10. The number of ketones is 1. The number of rotatable bonds is 1. The monoisotopic (exact) mass is 316 g/mol. The van der Waals surface area contributed by atoms with E-state index in [1.165, 1.54) is 0 Å². The second-order valence-corrected chi connectivity index (χ2v) is 8.72. The molecule has 3 heteroatoms. The lowest BCUT2D eigenvalue weighted by molar-refractivity contribution is -0.115. The molecule has 3 aliphatic carbocycles. The van der Waals surface area contributed by atoms with Crippen molar-refractivity contribution in [2.45, 2.75) is 60.0 Å². The van der Waals surface area contributed by atoms with Gasteiger partial charge in [0, 0.05) is 16.6 Å². The van der Waals surface area contributed by atoms with Crippen LogP contribution in [0.4, 0.5) is 0 Å². The van der Waals surface area contributed by atoms with E-state index in [0.717, 1.165) is 24.0 Å². The molecule has 0 spiro atoms. The van der Waals surface area contributed by atoms with Crippen molar-refractivity contribution in [1.82, 2.24) is 0 Å². The van der Waals surface area contributed by atoms with Gasteiger partial charge in [0.05, 0.1) is 6.10 Å². The van der Waals surface area contributed by atoms with Gasteiger partial charge in [-0.25, -0.2) is 0 Å². The predicted molar refractivity (Wildman–Crippen MR) is 90.9 cm³/mol. The first-order valence-electron chi connectivity index (χ1n) is 8.66. The van der Waals surface area contributed by atoms with Crippen LogP contribution in [0.3, 0.4) is 0 Å². The Balaban J connectivity index is 2.17. The van der Waals surface area contributed by atoms with E-state index in [2.05, 4.69) is 26.8 Å². The molecule has 126 valence electrons. The average Bonchev–Trinajstić information content (AvgIpc) is 2.39. The van der Waals surface area contributed by atoms with Crippen molar-refractivity contribution in [3.63, 3.8) is 0 Å². The van der Waals surface area contributed by atoms with Crippen LogP contribution in [-0.2, 0) is 4.79 Å². The maximum absolute atomic E-state index is 12.6. The second-order valence-electron chi connectivity index (χ2n) is 8.72. The molecule has 0 aromatic heterocycles. The largest absolute Gasteiger partial charge is 0.504 e. The lowest BCUT2D eigenvalue weighted by atomic mass is 9.49. The summed E-state index contributed by atoms with van der Waals surface area (Å²) in [6, 6.07) is 0. The van der Waals surface area contributed by atoms with E-state index in [0.29, 0.717) is 17.9 Å². The Hall–Kier alpha value is -1.35. The molecule has 0 bridgehead atoms. The highest BCUT2D eigenvalue weighted by Crippen LogP contribution is 2.61. The van der Waals surface area contributed by atoms with Crippen LogP contribution >= 0.6 is 0 Å². The lowest BCUT2D eigenvalue weighted by Gasteiger charge is -2.56. The minimum absolute atomic E-state index is 0.0210. The van der Waals surface area contributed by atoms with Gasteiger partial charge in [-0.1, -0.05) is 40.7 Å². The van der Waals surface area contributed by atoms with Gasteiger partial charge in [0.15, 0.2) is 5.76 Å². The number of allylic oxidation sites excluding steroid dienone is 5. The van der Waals surface area contributed by atoms with E-state index in [9.17, 15) is 15.0 Å². The van der Waals surface area contributed by atoms with Crippen molar-refractivity contribution in [3.05, 3.63) is 34.6 Å². The summed E-state index contributed by atoms with van der Waals surface area (Å²) in [5, 5.41) is 21.1. The summed E-state index contributed by atoms with van der Waals surface area (Å²) < 4.78 is 0. The fraction of sp³-hybridized carbons (Fsp3) is 0.650. The molecule has 0 aromatic rings. The summed E-state index contributed by atoms with van der Waals surface area (Å²) in [6.45, 7) is 10.4. The predicted octanol–water partition coefficient (Wildman–Crippen LogP) is 4.10. The number of carbonyl (C=O) groups excluding carboxylic acids is 1. The molecule has 0 saturated heterocycles. The molecular formula is C20H28O3. The third-order valence-electron chi connectivity index (χ3n) is 6.21. The average molecular weight is 316 g/mol. The Kier molecular flexibility index (Phi) is 3.64. The van der Waals surface area contributed by atoms with Gasteiger partial charge in [-0.15, -0.1) is 0 Å². The third-order valence-corrected chi connectivity index (χ3v) is 6.21. The Bertz CT molecular complexity index is 648. The summed E-state index contributed by atoms with van der Waals surface area (Å²) in [5.74, 6) is 0.0681. The number of aliphatic hydroxyl groups excluding tert-OH is 2. The van der Waals surface area contributed by atoms with Crippen LogP contribution in [0, 0.1) is 22.7 Å². The molecule has 23 heavy (non-hydrogen) atoms. The Morgan fingerprint density at radius 2 is 1.87 bits per heavy atom. The number of hydrogen-bond acceptors (Lipinski definition) is 3. The third kappa shape index (κ3) is 2.32. The summed E-state index contributed by atoms with van der Waals surface area (Å²) in [7, 11) is 0. The molecule has 3 nitrogen and oxygen atoms in total. The number of fused-ring (bicyclic) bond motifs is 3. The molecule has 0 aromatic carbocycles. The van der Waals surface area contributed by atoms with Gasteiger partial charge in [-0.3, -0.25) is 4.79 Å². The maximum Gasteiger partial charge on any atom is 0.223 e. The Labute approximate surface area is 138 Å². The van der Waals surface area contributed by atoms with Gasteiger partial charge in [0.25, 0.3) is 0 Å². The van der Waals surface area contributed by atoms with Crippen LogP contribution in [0.15, 0.2) is 34.6 Å². The molecule has 0 unspecified atom stereocenters. The van der Waals surface area contributed by atoms with Gasteiger partial charge in [0.2, 0.25) is 5.78 Å². The first-order valence-corrected chi connectivity index (χ1v) is 8.66. The van der Waals surface area contributed by atoms with Crippen molar-refractivity contribution in [2.24, 2.45) is 22.7 Å². The lowest BCUT2D eigenvalue weighted by Crippen LogP contribution is -2.50. The van der Waals surface area contributed by atoms with Gasteiger partial charge in [-0.05, 0) is 48.2 Å². The molecule has 3 aliphatic rings. The van der Waals surface area contributed by atoms with Crippen LogP contribution < -0.4 is 0 Å². The van der Waals surface area contributed by atoms with Crippen LogP contribution in [0.1, 0.15) is 53.9 Å². The van der Waals surface area contributed by atoms with Crippen molar-refractivity contribution >= 4 is 5.78 Å². The zero-order valence-corrected chi connectivity index (χ0v) is 14.8. The summed E-state index contributed by atoms with van der Waals surface area (Å²) >= 11 is 0. The van der Waals surface area contributed by atoms with Gasteiger partial charge >= 0.3 is 0 Å². The first-order chi connectivity index (χ1) is 10.6. The van der Waals surface area contributed by atoms with E-state index in [1.807, 2.05) is 19.9 Å². The number of aliphatic hydroxyl groups is 2. The van der Waals surface area contributed by atoms with Crippen molar-refractivity contribution in [2.75, 3.05) is 0 Å². The number of hydrogen-bond donors (Lipinski definition) is 2. The molecule has 0 amide bonds. The van der Waals surface area contributed by atoms with E-state index in [-0.39, 0.29) is 28.3 Å². The molecule has 0 radical (unpaired) electrons. The molecule has 3 atom stereocenters. The minimum atomic E-state index is -0.392. The fourth-order valence-corrected chi connectivity index (χ4v) is 5.30.